The van der Waals surface area contributed by atoms with Crippen LogP contribution in [-0.2, 0) is 28.5 Å². The first-order valence-corrected chi connectivity index (χ1v) is 7.79. The van der Waals surface area contributed by atoms with Gasteiger partial charge in [0.15, 0.2) is 0 Å². The van der Waals surface area contributed by atoms with Crippen molar-refractivity contribution in [2.75, 3.05) is 54.9 Å². The molecule has 8 heteroatoms. The van der Waals surface area contributed by atoms with Gasteiger partial charge in [0.25, 0.3) is 0 Å². The van der Waals surface area contributed by atoms with Crippen LogP contribution in [0.5, 0.6) is 0 Å². The number of aliphatic hydroxyl groups is 2. The van der Waals surface area contributed by atoms with Crippen molar-refractivity contribution in [1.82, 2.24) is 0 Å². The van der Waals surface area contributed by atoms with Crippen molar-refractivity contribution >= 4 is 11.9 Å². The molecule has 0 unspecified atom stereocenters. The van der Waals surface area contributed by atoms with Gasteiger partial charge >= 0.3 is 11.9 Å². The standard InChI is InChI=1S/C7H14O3.C5H10O2.C3H8O2.CH4O/c1-3-4-7(8)10-6-5-9-2;1-3-4-5(6)7-2;1-5-3-2-4;1-2/h3-6H2,1-2H3;3-4H2,1-2H3;4H,2-3H2,1H3;2H,1H3. The normalized spacial score (nSPS) is 8.33. The molecule has 0 amide bonds. The third-order valence-electron chi connectivity index (χ3n) is 1.98. The van der Waals surface area contributed by atoms with Gasteiger partial charge in [-0.1, -0.05) is 13.8 Å². The molecule has 0 saturated heterocycles. The quantitative estimate of drug-likeness (QED) is 0.468. The van der Waals surface area contributed by atoms with Gasteiger partial charge in [0.1, 0.15) is 6.61 Å². The van der Waals surface area contributed by atoms with Crippen molar-refractivity contribution in [3.05, 3.63) is 0 Å². The summed E-state index contributed by atoms with van der Waals surface area (Å²) < 4.78 is 18.2. The predicted octanol–water partition coefficient (Wildman–Crippen LogP) is 1.17. The highest BCUT2D eigenvalue weighted by atomic mass is 16.6. The second-order valence-electron chi connectivity index (χ2n) is 4.01. The minimum Gasteiger partial charge on any atom is -0.469 e. The zero-order valence-corrected chi connectivity index (χ0v) is 16.0. The van der Waals surface area contributed by atoms with Gasteiger partial charge in [0.2, 0.25) is 0 Å². The molecule has 0 heterocycles. The van der Waals surface area contributed by atoms with E-state index in [4.69, 9.17) is 19.7 Å². The molecule has 0 saturated carbocycles. The molecule has 0 aromatic heterocycles. The van der Waals surface area contributed by atoms with Crippen LogP contribution in [0.3, 0.4) is 0 Å². The number of esters is 2. The van der Waals surface area contributed by atoms with Crippen LogP contribution in [0.25, 0.3) is 0 Å². The van der Waals surface area contributed by atoms with Gasteiger partial charge in [-0.25, -0.2) is 0 Å². The number of carbonyl (C=O) groups is 2. The van der Waals surface area contributed by atoms with E-state index in [1.807, 2.05) is 13.8 Å². The minimum absolute atomic E-state index is 0.122. The van der Waals surface area contributed by atoms with Crippen LogP contribution in [0, 0.1) is 0 Å². The minimum atomic E-state index is -0.139. The molecule has 0 aromatic carbocycles. The van der Waals surface area contributed by atoms with E-state index in [0.29, 0.717) is 32.7 Å². The van der Waals surface area contributed by atoms with E-state index < -0.39 is 0 Å². The molecule has 0 atom stereocenters. The zero-order chi connectivity index (χ0) is 19.6. The average molecular weight is 356 g/mol. The Bertz CT molecular complexity index is 232. The molecule has 24 heavy (non-hydrogen) atoms. The summed E-state index contributed by atoms with van der Waals surface area (Å²) >= 11 is 0. The summed E-state index contributed by atoms with van der Waals surface area (Å²) in [6.07, 6.45) is 2.75. The zero-order valence-electron chi connectivity index (χ0n) is 16.0. The van der Waals surface area contributed by atoms with Crippen LogP contribution in [0.4, 0.5) is 0 Å². The van der Waals surface area contributed by atoms with E-state index in [1.54, 1.807) is 14.2 Å². The Morgan fingerprint density at radius 2 is 1.25 bits per heavy atom. The lowest BCUT2D eigenvalue weighted by Crippen LogP contribution is -2.08. The van der Waals surface area contributed by atoms with Crippen molar-refractivity contribution in [3.63, 3.8) is 0 Å². The number of carbonyl (C=O) groups excluding carboxylic acids is 2. The number of ether oxygens (including phenoxy) is 4. The van der Waals surface area contributed by atoms with Crippen LogP contribution in [0.15, 0.2) is 0 Å². The number of rotatable bonds is 9. The highest BCUT2D eigenvalue weighted by molar-refractivity contribution is 5.69. The summed E-state index contributed by atoms with van der Waals surface area (Å²) in [5, 5.41) is 14.9. The maximum Gasteiger partial charge on any atom is 0.305 e. The lowest BCUT2D eigenvalue weighted by Gasteiger charge is -2.01. The highest BCUT2D eigenvalue weighted by Crippen LogP contribution is 1.90. The maximum atomic E-state index is 10.6. The Morgan fingerprint density at radius 1 is 0.792 bits per heavy atom. The Hall–Kier alpha value is -1.22. The molecule has 0 radical (unpaired) electrons. The summed E-state index contributed by atoms with van der Waals surface area (Å²) in [5.74, 6) is -0.262. The van der Waals surface area contributed by atoms with Gasteiger partial charge in [0, 0.05) is 34.2 Å². The summed E-state index contributed by atoms with van der Waals surface area (Å²) in [6.45, 7) is 5.30. The predicted molar refractivity (Wildman–Crippen MR) is 91.8 cm³/mol. The second-order valence-corrected chi connectivity index (χ2v) is 4.01. The molecule has 0 aliphatic carbocycles. The van der Waals surface area contributed by atoms with Crippen molar-refractivity contribution in [1.29, 1.82) is 0 Å². The van der Waals surface area contributed by atoms with Gasteiger partial charge in [-0.05, 0) is 12.8 Å². The smallest absolute Gasteiger partial charge is 0.305 e. The fraction of sp³-hybridized carbons (Fsp3) is 0.875. The first kappa shape index (κ1) is 30.6. The number of aliphatic hydroxyl groups excluding tert-OH is 2. The van der Waals surface area contributed by atoms with Crippen molar-refractivity contribution in [2.24, 2.45) is 0 Å². The van der Waals surface area contributed by atoms with Crippen LogP contribution < -0.4 is 0 Å². The molecule has 148 valence electrons. The van der Waals surface area contributed by atoms with Crippen LogP contribution in [0.2, 0.25) is 0 Å². The van der Waals surface area contributed by atoms with Crippen molar-refractivity contribution in [3.8, 4) is 0 Å². The summed E-state index contributed by atoms with van der Waals surface area (Å²) in [6, 6.07) is 0. The van der Waals surface area contributed by atoms with Crippen molar-refractivity contribution < 1.29 is 38.7 Å². The average Bonchev–Trinajstić information content (AvgIpc) is 2.59. The highest BCUT2D eigenvalue weighted by Gasteiger charge is 1.98. The van der Waals surface area contributed by atoms with Gasteiger partial charge < -0.3 is 29.2 Å². The Kier molecular flexibility index (Phi) is 42.6. The van der Waals surface area contributed by atoms with Crippen LogP contribution in [0.1, 0.15) is 39.5 Å². The van der Waals surface area contributed by atoms with Crippen LogP contribution >= 0.6 is 0 Å². The molecular formula is C16H36O8. The summed E-state index contributed by atoms with van der Waals surface area (Å²) in [5.41, 5.74) is 0. The Labute approximate surface area is 146 Å². The van der Waals surface area contributed by atoms with E-state index in [2.05, 4.69) is 9.47 Å². The first-order chi connectivity index (χ1) is 11.5. The topological polar surface area (TPSA) is 112 Å². The fourth-order valence-corrected chi connectivity index (χ4v) is 0.913. The van der Waals surface area contributed by atoms with E-state index in [0.717, 1.165) is 20.0 Å². The van der Waals surface area contributed by atoms with Crippen molar-refractivity contribution in [2.45, 2.75) is 39.5 Å². The molecule has 0 aromatic rings. The molecule has 0 aliphatic rings. The van der Waals surface area contributed by atoms with Gasteiger partial charge in [-0.15, -0.1) is 0 Å². The first-order valence-electron chi connectivity index (χ1n) is 7.79. The third-order valence-corrected chi connectivity index (χ3v) is 1.98. The molecule has 0 fully saturated rings. The fourth-order valence-electron chi connectivity index (χ4n) is 0.913. The van der Waals surface area contributed by atoms with Gasteiger partial charge in [-0.3, -0.25) is 9.59 Å². The largest absolute Gasteiger partial charge is 0.469 e. The Balaban J connectivity index is -0.000000125. The molecule has 0 aliphatic heterocycles. The number of methoxy groups -OCH3 is 3. The molecule has 8 nitrogen and oxygen atoms in total. The van der Waals surface area contributed by atoms with Gasteiger partial charge in [0.05, 0.1) is 26.9 Å². The molecule has 0 bridgehead atoms. The monoisotopic (exact) mass is 356 g/mol. The lowest BCUT2D eigenvalue weighted by atomic mass is 10.3. The van der Waals surface area contributed by atoms with E-state index >= 15 is 0 Å². The summed E-state index contributed by atoms with van der Waals surface area (Å²) in [4.78, 5) is 20.8. The Morgan fingerprint density at radius 3 is 1.50 bits per heavy atom. The molecule has 0 rings (SSSR count). The van der Waals surface area contributed by atoms with E-state index in [9.17, 15) is 9.59 Å². The van der Waals surface area contributed by atoms with E-state index in [-0.39, 0.29) is 18.5 Å². The molecule has 2 N–H and O–H groups in total. The third kappa shape index (κ3) is 42.8. The molecular weight excluding hydrogens is 320 g/mol. The van der Waals surface area contributed by atoms with E-state index in [1.165, 1.54) is 7.11 Å². The van der Waals surface area contributed by atoms with Gasteiger partial charge in [-0.2, -0.15) is 0 Å². The van der Waals surface area contributed by atoms with Crippen LogP contribution in [-0.4, -0.2) is 77.0 Å². The summed E-state index contributed by atoms with van der Waals surface area (Å²) in [7, 11) is 5.53. The number of hydrogen-bond donors (Lipinski definition) is 2. The SMILES string of the molecule is CCCC(=O)OC.CCCC(=O)OCCOC.CO.COCCO. The number of hydrogen-bond acceptors (Lipinski definition) is 8. The lowest BCUT2D eigenvalue weighted by molar-refractivity contribution is -0.145. The second kappa shape index (κ2) is 33.4. The maximum absolute atomic E-state index is 10.6. The molecule has 0 spiro atoms.